The quantitative estimate of drug-likeness (QED) is 0.617. The summed E-state index contributed by atoms with van der Waals surface area (Å²) >= 11 is 0. The van der Waals surface area contributed by atoms with Crippen molar-refractivity contribution < 1.29 is 19.2 Å². The van der Waals surface area contributed by atoms with Crippen LogP contribution in [0.15, 0.2) is 31.7 Å². The number of aromatic hydroxyl groups is 1. The van der Waals surface area contributed by atoms with Gasteiger partial charge < -0.3 is 14.4 Å². The molecule has 2 aromatic heterocycles. The number of hydrogen-bond acceptors (Lipinski definition) is 8. The predicted molar refractivity (Wildman–Crippen MR) is 93.2 cm³/mol. The minimum atomic E-state index is -0.774. The van der Waals surface area contributed by atoms with E-state index in [4.69, 9.17) is 9.26 Å². The highest BCUT2D eigenvalue weighted by Crippen LogP contribution is 2.31. The van der Waals surface area contributed by atoms with Crippen LogP contribution >= 0.6 is 0 Å². The Labute approximate surface area is 150 Å². The van der Waals surface area contributed by atoms with Crippen LogP contribution in [0.1, 0.15) is 50.7 Å². The van der Waals surface area contributed by atoms with Gasteiger partial charge in [-0.2, -0.15) is 0 Å². The first-order valence-corrected chi connectivity index (χ1v) is 8.10. The molecule has 0 atom stereocenters. The van der Waals surface area contributed by atoms with Crippen molar-refractivity contribution in [3.63, 3.8) is 0 Å². The lowest BCUT2D eigenvalue weighted by molar-refractivity contribution is 0.0459. The van der Waals surface area contributed by atoms with Crippen LogP contribution < -0.4 is 5.56 Å². The Hall–Kier alpha value is -2.97. The second-order valence-electron chi connectivity index (χ2n) is 7.24. The van der Waals surface area contributed by atoms with E-state index in [1.165, 1.54) is 0 Å². The van der Waals surface area contributed by atoms with E-state index in [2.05, 4.69) is 20.4 Å². The average Bonchev–Trinajstić information content (AvgIpc) is 3.00. The van der Waals surface area contributed by atoms with E-state index in [0.717, 1.165) is 6.07 Å². The van der Waals surface area contributed by atoms with E-state index in [9.17, 15) is 14.7 Å². The first-order valence-electron chi connectivity index (χ1n) is 8.10. The van der Waals surface area contributed by atoms with Crippen molar-refractivity contribution in [3.8, 4) is 5.88 Å². The van der Waals surface area contributed by atoms with Crippen LogP contribution in [0.3, 0.4) is 0 Å². The fourth-order valence-electron chi connectivity index (χ4n) is 1.88. The summed E-state index contributed by atoms with van der Waals surface area (Å²) in [5.74, 6) is -0.469. The number of carbonyl (C=O) groups excluding carboxylic acids is 1. The minimum absolute atomic E-state index is 0.116. The number of H-pyrrole nitrogens is 1. The van der Waals surface area contributed by atoms with Crippen molar-refractivity contribution in [2.24, 2.45) is 16.1 Å². The molecule has 9 nitrogen and oxygen atoms in total. The minimum Gasteiger partial charge on any atom is -0.493 e. The van der Waals surface area contributed by atoms with Gasteiger partial charge in [0.2, 0.25) is 11.7 Å². The summed E-state index contributed by atoms with van der Waals surface area (Å²) in [6.07, 6.45) is 0. The van der Waals surface area contributed by atoms with Gasteiger partial charge in [0.15, 0.2) is 5.69 Å². The molecule has 0 saturated heterocycles. The Morgan fingerprint density at radius 1 is 1.35 bits per heavy atom. The summed E-state index contributed by atoms with van der Waals surface area (Å²) in [6.45, 7) is 9.77. The monoisotopic (exact) mass is 362 g/mol. The highest BCUT2D eigenvalue weighted by molar-refractivity contribution is 5.95. The van der Waals surface area contributed by atoms with Gasteiger partial charge >= 0.3 is 5.97 Å². The van der Waals surface area contributed by atoms with Gasteiger partial charge in [0.05, 0.1) is 12.2 Å². The molecule has 140 valence electrons. The molecule has 2 rings (SSSR count). The fraction of sp³-hybridized carbons (Fsp3) is 0.471. The number of esters is 1. The maximum Gasteiger partial charge on any atom is 0.340 e. The summed E-state index contributed by atoms with van der Waals surface area (Å²) < 4.78 is 10.3. The second-order valence-corrected chi connectivity index (χ2v) is 7.24. The van der Waals surface area contributed by atoms with E-state index < -0.39 is 17.4 Å². The number of aromatic amines is 1. The fourth-order valence-corrected chi connectivity index (χ4v) is 1.88. The van der Waals surface area contributed by atoms with Gasteiger partial charge in [-0.05, 0) is 5.92 Å². The van der Waals surface area contributed by atoms with Gasteiger partial charge in [0.1, 0.15) is 5.76 Å². The molecular formula is C17H22N4O5. The van der Waals surface area contributed by atoms with E-state index >= 15 is 0 Å². The lowest BCUT2D eigenvalue weighted by Crippen LogP contribution is -2.14. The molecule has 0 spiro atoms. The van der Waals surface area contributed by atoms with Crippen LogP contribution in [0.5, 0.6) is 5.88 Å². The Morgan fingerprint density at radius 2 is 2.04 bits per heavy atom. The third-order valence-electron chi connectivity index (χ3n) is 3.25. The van der Waals surface area contributed by atoms with Crippen molar-refractivity contribution in [2.45, 2.75) is 40.0 Å². The summed E-state index contributed by atoms with van der Waals surface area (Å²) in [5, 5.41) is 21.4. The molecule has 0 bridgehead atoms. The lowest BCUT2D eigenvalue weighted by Gasteiger charge is -2.11. The Bertz CT molecular complexity index is 874. The highest BCUT2D eigenvalue weighted by atomic mass is 16.5. The molecule has 2 N–H and O–H groups in total. The van der Waals surface area contributed by atoms with Crippen molar-refractivity contribution in [3.05, 3.63) is 33.8 Å². The zero-order valence-corrected chi connectivity index (χ0v) is 15.4. The molecule has 0 saturated carbocycles. The summed E-state index contributed by atoms with van der Waals surface area (Å²) in [6, 6.07) is 2.60. The maximum atomic E-state index is 12.2. The Morgan fingerprint density at radius 3 is 2.62 bits per heavy atom. The van der Waals surface area contributed by atoms with Crippen LogP contribution in [0.2, 0.25) is 0 Å². The van der Waals surface area contributed by atoms with Gasteiger partial charge in [0.25, 0.3) is 5.56 Å². The predicted octanol–water partition coefficient (Wildman–Crippen LogP) is 3.59. The molecule has 0 aromatic carbocycles. The number of azo groups is 1. The van der Waals surface area contributed by atoms with E-state index in [1.807, 2.05) is 34.6 Å². The summed E-state index contributed by atoms with van der Waals surface area (Å²) in [4.78, 5) is 25.9. The number of aromatic nitrogens is 2. The summed E-state index contributed by atoms with van der Waals surface area (Å²) in [7, 11) is 0. The molecule has 0 unspecified atom stereocenters. The topological polar surface area (TPSA) is 130 Å². The molecule has 0 radical (unpaired) electrons. The Kier molecular flexibility index (Phi) is 5.59. The molecule has 2 aromatic rings. The number of pyridine rings is 1. The van der Waals surface area contributed by atoms with Gasteiger partial charge in [0, 0.05) is 17.5 Å². The SMILES string of the molecule is CC(C)COC(=O)c1cc(=O)[nH]c(O)c1N=Nc1cc(C(C)(C)C)on1. The summed E-state index contributed by atoms with van der Waals surface area (Å²) in [5.41, 5.74) is -1.31. The first kappa shape index (κ1) is 19.4. The van der Waals surface area contributed by atoms with E-state index in [0.29, 0.717) is 5.76 Å². The normalized spacial score (nSPS) is 12.1. The van der Waals surface area contributed by atoms with E-state index in [-0.39, 0.29) is 35.0 Å². The van der Waals surface area contributed by atoms with Crippen molar-refractivity contribution in [2.75, 3.05) is 6.61 Å². The Balaban J connectivity index is 2.35. The standard InChI is InChI=1S/C17H22N4O5/c1-9(2)8-25-16(24)10-6-13(22)18-15(23)14(10)20-19-12-7-11(26-21-12)17(3,4)5/h6-7,9H,8H2,1-5H3,(H2,18,22,23). The smallest absolute Gasteiger partial charge is 0.340 e. The molecule has 0 aliphatic carbocycles. The number of nitrogens with one attached hydrogen (secondary N) is 1. The molecule has 0 aliphatic rings. The largest absolute Gasteiger partial charge is 0.493 e. The van der Waals surface area contributed by atoms with Gasteiger partial charge in [-0.25, -0.2) is 4.79 Å². The lowest BCUT2D eigenvalue weighted by atomic mass is 9.93. The third kappa shape index (κ3) is 4.78. The zero-order chi connectivity index (χ0) is 19.5. The van der Waals surface area contributed by atoms with Gasteiger partial charge in [-0.3, -0.25) is 9.78 Å². The first-order chi connectivity index (χ1) is 12.1. The van der Waals surface area contributed by atoms with Gasteiger partial charge in [-0.1, -0.05) is 39.8 Å². The van der Waals surface area contributed by atoms with Crippen LogP contribution in [-0.4, -0.2) is 27.8 Å². The maximum absolute atomic E-state index is 12.2. The molecule has 0 fully saturated rings. The van der Waals surface area contributed by atoms with Crippen molar-refractivity contribution >= 4 is 17.5 Å². The zero-order valence-electron chi connectivity index (χ0n) is 15.4. The molecule has 9 heteroatoms. The van der Waals surface area contributed by atoms with Gasteiger partial charge in [-0.15, -0.1) is 10.2 Å². The third-order valence-corrected chi connectivity index (χ3v) is 3.25. The van der Waals surface area contributed by atoms with Crippen molar-refractivity contribution in [1.29, 1.82) is 0 Å². The van der Waals surface area contributed by atoms with Crippen LogP contribution in [0, 0.1) is 5.92 Å². The number of rotatable bonds is 5. The highest BCUT2D eigenvalue weighted by Gasteiger charge is 2.21. The van der Waals surface area contributed by atoms with E-state index in [1.54, 1.807) is 6.07 Å². The second kappa shape index (κ2) is 7.51. The van der Waals surface area contributed by atoms with Crippen LogP contribution in [-0.2, 0) is 10.2 Å². The molecular weight excluding hydrogens is 340 g/mol. The molecule has 2 heterocycles. The number of carbonyl (C=O) groups is 1. The number of nitrogens with zero attached hydrogens (tertiary/aromatic N) is 3. The molecule has 0 aliphatic heterocycles. The average molecular weight is 362 g/mol. The van der Waals surface area contributed by atoms with Crippen LogP contribution in [0.4, 0.5) is 11.5 Å². The molecule has 26 heavy (non-hydrogen) atoms. The van der Waals surface area contributed by atoms with Crippen molar-refractivity contribution in [1.82, 2.24) is 10.1 Å². The van der Waals surface area contributed by atoms with Crippen LogP contribution in [0.25, 0.3) is 0 Å². The molecule has 0 amide bonds. The number of hydrogen-bond donors (Lipinski definition) is 2. The number of ether oxygens (including phenoxy) is 1.